The molecule has 2 aliphatic rings. The van der Waals surface area contributed by atoms with Gasteiger partial charge in [-0.1, -0.05) is 6.92 Å². The SMILES string of the molecule is CC1CNCCC1CNC(=O)C1CC1. The van der Waals surface area contributed by atoms with Crippen molar-refractivity contribution < 1.29 is 4.79 Å². The summed E-state index contributed by atoms with van der Waals surface area (Å²) in [5.74, 6) is 2.02. The first-order chi connectivity index (χ1) is 6.77. The third-order valence-electron chi connectivity index (χ3n) is 3.45. The molecule has 14 heavy (non-hydrogen) atoms. The lowest BCUT2D eigenvalue weighted by Gasteiger charge is -2.29. The molecular formula is C11H20N2O. The Morgan fingerprint density at radius 1 is 1.43 bits per heavy atom. The van der Waals surface area contributed by atoms with Crippen LogP contribution in [0.15, 0.2) is 0 Å². The largest absolute Gasteiger partial charge is 0.356 e. The topological polar surface area (TPSA) is 41.1 Å². The van der Waals surface area contributed by atoms with Crippen molar-refractivity contribution in [2.75, 3.05) is 19.6 Å². The first-order valence-corrected chi connectivity index (χ1v) is 5.76. The molecule has 2 atom stereocenters. The van der Waals surface area contributed by atoms with Crippen LogP contribution in [0, 0.1) is 17.8 Å². The van der Waals surface area contributed by atoms with Crippen LogP contribution in [0.4, 0.5) is 0 Å². The summed E-state index contributed by atoms with van der Waals surface area (Å²) < 4.78 is 0. The Hall–Kier alpha value is -0.570. The molecule has 0 radical (unpaired) electrons. The van der Waals surface area contributed by atoms with Crippen molar-refractivity contribution in [2.45, 2.75) is 26.2 Å². The normalized spacial score (nSPS) is 32.6. The summed E-state index contributed by atoms with van der Waals surface area (Å²) in [7, 11) is 0. The Kier molecular flexibility index (Phi) is 3.06. The van der Waals surface area contributed by atoms with E-state index < -0.39 is 0 Å². The van der Waals surface area contributed by atoms with Gasteiger partial charge in [0.2, 0.25) is 5.91 Å². The molecular weight excluding hydrogens is 176 g/mol. The summed E-state index contributed by atoms with van der Waals surface area (Å²) in [5.41, 5.74) is 0. The van der Waals surface area contributed by atoms with E-state index in [4.69, 9.17) is 0 Å². The zero-order chi connectivity index (χ0) is 9.97. The zero-order valence-electron chi connectivity index (χ0n) is 8.88. The van der Waals surface area contributed by atoms with E-state index in [0.717, 1.165) is 32.5 Å². The highest BCUT2D eigenvalue weighted by molar-refractivity contribution is 5.80. The minimum absolute atomic E-state index is 0.288. The molecule has 2 fully saturated rings. The second-order valence-electron chi connectivity index (χ2n) is 4.75. The molecule has 3 nitrogen and oxygen atoms in total. The van der Waals surface area contributed by atoms with E-state index >= 15 is 0 Å². The van der Waals surface area contributed by atoms with Gasteiger partial charge in [-0.3, -0.25) is 4.79 Å². The minimum atomic E-state index is 0.288. The first kappa shape index (κ1) is 9.97. The third kappa shape index (κ3) is 2.47. The van der Waals surface area contributed by atoms with E-state index in [2.05, 4.69) is 17.6 Å². The molecule has 1 aliphatic carbocycles. The summed E-state index contributed by atoms with van der Waals surface area (Å²) in [6, 6.07) is 0. The molecule has 1 amide bonds. The van der Waals surface area contributed by atoms with E-state index in [1.807, 2.05) is 0 Å². The molecule has 3 heteroatoms. The Balaban J connectivity index is 1.70. The lowest BCUT2D eigenvalue weighted by molar-refractivity contribution is -0.122. The maximum absolute atomic E-state index is 11.4. The van der Waals surface area contributed by atoms with Crippen LogP contribution in [0.2, 0.25) is 0 Å². The number of hydrogen-bond donors (Lipinski definition) is 2. The molecule has 1 saturated carbocycles. The number of carbonyl (C=O) groups is 1. The van der Waals surface area contributed by atoms with Crippen molar-refractivity contribution in [3.8, 4) is 0 Å². The van der Waals surface area contributed by atoms with Crippen molar-refractivity contribution in [3.05, 3.63) is 0 Å². The Bertz CT molecular complexity index is 213. The summed E-state index contributed by atoms with van der Waals surface area (Å²) >= 11 is 0. The van der Waals surface area contributed by atoms with Gasteiger partial charge in [0.1, 0.15) is 0 Å². The van der Waals surface area contributed by atoms with Gasteiger partial charge in [-0.15, -0.1) is 0 Å². The quantitative estimate of drug-likeness (QED) is 0.699. The van der Waals surface area contributed by atoms with Crippen molar-refractivity contribution in [1.29, 1.82) is 0 Å². The van der Waals surface area contributed by atoms with Crippen LogP contribution in [0.3, 0.4) is 0 Å². The van der Waals surface area contributed by atoms with Crippen LogP contribution >= 0.6 is 0 Å². The summed E-state index contributed by atoms with van der Waals surface area (Å²) in [5, 5.41) is 6.45. The van der Waals surface area contributed by atoms with Gasteiger partial charge in [-0.25, -0.2) is 0 Å². The van der Waals surface area contributed by atoms with E-state index in [1.54, 1.807) is 0 Å². The highest BCUT2D eigenvalue weighted by Crippen LogP contribution is 2.29. The van der Waals surface area contributed by atoms with E-state index in [1.165, 1.54) is 6.42 Å². The van der Waals surface area contributed by atoms with Crippen molar-refractivity contribution >= 4 is 5.91 Å². The standard InChI is InChI=1S/C11H20N2O/c1-8-6-12-5-4-10(8)7-13-11(14)9-2-3-9/h8-10,12H,2-7H2,1H3,(H,13,14). The van der Waals surface area contributed by atoms with E-state index in [9.17, 15) is 4.79 Å². The first-order valence-electron chi connectivity index (χ1n) is 5.76. The second-order valence-corrected chi connectivity index (χ2v) is 4.75. The molecule has 1 heterocycles. The fraction of sp³-hybridized carbons (Fsp3) is 0.909. The maximum Gasteiger partial charge on any atom is 0.223 e. The fourth-order valence-electron chi connectivity index (χ4n) is 2.09. The predicted octanol–water partition coefficient (Wildman–Crippen LogP) is 0.758. The van der Waals surface area contributed by atoms with Crippen LogP contribution in [0.1, 0.15) is 26.2 Å². The van der Waals surface area contributed by atoms with Gasteiger partial charge in [0.25, 0.3) is 0 Å². The van der Waals surface area contributed by atoms with Gasteiger partial charge in [0, 0.05) is 12.5 Å². The predicted molar refractivity (Wildman–Crippen MR) is 55.9 cm³/mol. The minimum Gasteiger partial charge on any atom is -0.356 e. The molecule has 0 aromatic carbocycles. The number of amides is 1. The highest BCUT2D eigenvalue weighted by Gasteiger charge is 2.30. The maximum atomic E-state index is 11.4. The molecule has 80 valence electrons. The molecule has 2 unspecified atom stereocenters. The summed E-state index contributed by atoms with van der Waals surface area (Å²) in [6.45, 7) is 5.36. The Morgan fingerprint density at radius 3 is 2.86 bits per heavy atom. The van der Waals surface area contributed by atoms with E-state index in [-0.39, 0.29) is 5.91 Å². The number of hydrogen-bond acceptors (Lipinski definition) is 2. The lowest BCUT2D eigenvalue weighted by atomic mass is 9.88. The molecule has 1 aliphatic heterocycles. The Labute approximate surface area is 85.6 Å². The van der Waals surface area contributed by atoms with Gasteiger partial charge in [-0.2, -0.15) is 0 Å². The molecule has 2 rings (SSSR count). The van der Waals surface area contributed by atoms with Gasteiger partial charge in [0.05, 0.1) is 0 Å². The number of nitrogens with one attached hydrogen (secondary N) is 2. The van der Waals surface area contributed by atoms with Gasteiger partial charge >= 0.3 is 0 Å². The number of piperidine rings is 1. The molecule has 0 spiro atoms. The number of rotatable bonds is 3. The zero-order valence-corrected chi connectivity index (χ0v) is 8.88. The lowest BCUT2D eigenvalue weighted by Crippen LogP contribution is -2.41. The highest BCUT2D eigenvalue weighted by atomic mass is 16.2. The average Bonchev–Trinajstić information content (AvgIpc) is 2.99. The average molecular weight is 196 g/mol. The smallest absolute Gasteiger partial charge is 0.223 e. The molecule has 2 N–H and O–H groups in total. The van der Waals surface area contributed by atoms with Gasteiger partial charge in [0.15, 0.2) is 0 Å². The monoisotopic (exact) mass is 196 g/mol. The summed E-state index contributed by atoms with van der Waals surface area (Å²) in [4.78, 5) is 11.4. The van der Waals surface area contributed by atoms with Crippen LogP contribution in [0.25, 0.3) is 0 Å². The van der Waals surface area contributed by atoms with Crippen molar-refractivity contribution in [2.24, 2.45) is 17.8 Å². The van der Waals surface area contributed by atoms with Crippen LogP contribution in [-0.2, 0) is 4.79 Å². The third-order valence-corrected chi connectivity index (χ3v) is 3.45. The van der Waals surface area contributed by atoms with Gasteiger partial charge < -0.3 is 10.6 Å². The molecule has 0 bridgehead atoms. The Morgan fingerprint density at radius 2 is 2.21 bits per heavy atom. The second kappa shape index (κ2) is 4.30. The van der Waals surface area contributed by atoms with Crippen LogP contribution in [0.5, 0.6) is 0 Å². The molecule has 0 aromatic rings. The van der Waals surface area contributed by atoms with Crippen LogP contribution < -0.4 is 10.6 Å². The number of carbonyl (C=O) groups excluding carboxylic acids is 1. The molecule has 1 saturated heterocycles. The van der Waals surface area contributed by atoms with Gasteiger partial charge in [-0.05, 0) is 44.2 Å². The molecule has 0 aromatic heterocycles. The van der Waals surface area contributed by atoms with Crippen LogP contribution in [-0.4, -0.2) is 25.5 Å². The van der Waals surface area contributed by atoms with Crippen molar-refractivity contribution in [3.63, 3.8) is 0 Å². The van der Waals surface area contributed by atoms with E-state index in [0.29, 0.717) is 17.8 Å². The fourth-order valence-corrected chi connectivity index (χ4v) is 2.09. The van der Waals surface area contributed by atoms with Crippen molar-refractivity contribution in [1.82, 2.24) is 10.6 Å². The summed E-state index contributed by atoms with van der Waals surface area (Å²) in [6.07, 6.45) is 3.41.